The van der Waals surface area contributed by atoms with Crippen LogP contribution in [0.2, 0.25) is 0 Å². The molecule has 0 aromatic carbocycles. The molecule has 0 radical (unpaired) electrons. The number of hydrogen-bond donors (Lipinski definition) is 1. The molecular weight excluding hydrogens is 296 g/mol. The average Bonchev–Trinajstić information content (AvgIpc) is 2.93. The molecule has 0 saturated carbocycles. The van der Waals surface area contributed by atoms with Crippen LogP contribution in [0, 0.1) is 0 Å². The van der Waals surface area contributed by atoms with Crippen molar-refractivity contribution >= 4 is 15.9 Å². The molecule has 0 atom stereocenters. The lowest BCUT2D eigenvalue weighted by Crippen LogP contribution is -2.21. The highest BCUT2D eigenvalue weighted by Gasteiger charge is 2.02. The summed E-state index contributed by atoms with van der Waals surface area (Å²) in [7, 11) is 0. The molecule has 0 aliphatic heterocycles. The van der Waals surface area contributed by atoms with Crippen molar-refractivity contribution in [1.82, 2.24) is 30.1 Å². The molecule has 98 valence electrons. The molecule has 2 aromatic rings. The zero-order valence-corrected chi connectivity index (χ0v) is 12.1. The van der Waals surface area contributed by atoms with Crippen LogP contribution in [0.4, 0.5) is 0 Å². The molecule has 0 aliphatic carbocycles. The number of aromatic nitrogens is 5. The van der Waals surface area contributed by atoms with Crippen molar-refractivity contribution in [1.29, 1.82) is 0 Å². The second-order valence-electron chi connectivity index (χ2n) is 4.43. The Morgan fingerprint density at radius 2 is 2.06 bits per heavy atom. The number of nitrogens with zero attached hydrogens (tertiary/aromatic N) is 5. The second kappa shape index (κ2) is 6.10. The first kappa shape index (κ1) is 13.2. The molecule has 2 rings (SSSR count). The summed E-state index contributed by atoms with van der Waals surface area (Å²) < 4.78 is 4.70. The van der Waals surface area contributed by atoms with Gasteiger partial charge in [-0.25, -0.2) is 0 Å². The van der Waals surface area contributed by atoms with Gasteiger partial charge in [-0.2, -0.15) is 5.10 Å². The molecule has 1 N–H and O–H groups in total. The van der Waals surface area contributed by atoms with Gasteiger partial charge in [-0.05, 0) is 15.9 Å². The summed E-state index contributed by atoms with van der Waals surface area (Å²) >= 11 is 3.37. The molecule has 2 aromatic heterocycles. The Kier molecular flexibility index (Phi) is 4.48. The Morgan fingerprint density at radius 3 is 2.72 bits per heavy atom. The van der Waals surface area contributed by atoms with Gasteiger partial charge in [-0.15, -0.1) is 5.10 Å². The largest absolute Gasteiger partial charge is 0.309 e. The summed E-state index contributed by atoms with van der Waals surface area (Å²) in [5.41, 5.74) is 0.963. The monoisotopic (exact) mass is 312 g/mol. The van der Waals surface area contributed by atoms with Crippen LogP contribution in [0.5, 0.6) is 0 Å². The number of aryl methyl sites for hydroxylation is 2. The van der Waals surface area contributed by atoms with E-state index in [9.17, 15) is 0 Å². The van der Waals surface area contributed by atoms with Gasteiger partial charge in [-0.1, -0.05) is 19.1 Å². The molecule has 2 heterocycles. The highest BCUT2D eigenvalue weighted by Crippen LogP contribution is 2.06. The predicted molar refractivity (Wildman–Crippen MR) is 71.9 cm³/mol. The van der Waals surface area contributed by atoms with Gasteiger partial charge in [0.1, 0.15) is 0 Å². The highest BCUT2D eigenvalue weighted by atomic mass is 79.9. The fourth-order valence-electron chi connectivity index (χ4n) is 1.50. The fourth-order valence-corrected chi connectivity index (χ4v) is 1.83. The van der Waals surface area contributed by atoms with E-state index in [2.05, 4.69) is 50.5 Å². The van der Waals surface area contributed by atoms with Crippen LogP contribution in [-0.2, 0) is 19.6 Å². The van der Waals surface area contributed by atoms with E-state index in [1.807, 2.05) is 21.8 Å². The van der Waals surface area contributed by atoms with Crippen molar-refractivity contribution in [3.8, 4) is 0 Å². The highest BCUT2D eigenvalue weighted by molar-refractivity contribution is 9.10. The van der Waals surface area contributed by atoms with Crippen LogP contribution in [0.15, 0.2) is 23.1 Å². The van der Waals surface area contributed by atoms with E-state index in [1.54, 1.807) is 6.20 Å². The molecule has 7 heteroatoms. The van der Waals surface area contributed by atoms with Gasteiger partial charge in [0.15, 0.2) is 0 Å². The second-order valence-corrected chi connectivity index (χ2v) is 5.35. The van der Waals surface area contributed by atoms with Crippen molar-refractivity contribution < 1.29 is 0 Å². The number of halogens is 1. The van der Waals surface area contributed by atoms with Gasteiger partial charge >= 0.3 is 0 Å². The van der Waals surface area contributed by atoms with Gasteiger partial charge < -0.3 is 5.32 Å². The first-order valence-electron chi connectivity index (χ1n) is 5.94. The standard InChI is InChI=1S/C11H17BrN6/c1-9(2)13-6-11-8-18(16-15-11)4-3-17-7-10(12)5-14-17/h5,7-9,13H,3-4,6H2,1-2H3. The SMILES string of the molecule is CC(C)NCc1cn(CCn2cc(Br)cn2)nn1. The smallest absolute Gasteiger partial charge is 0.0964 e. The van der Waals surface area contributed by atoms with Crippen molar-refractivity contribution in [2.24, 2.45) is 0 Å². The quantitative estimate of drug-likeness (QED) is 0.876. The Morgan fingerprint density at radius 1 is 1.28 bits per heavy atom. The van der Waals surface area contributed by atoms with Crippen LogP contribution in [-0.4, -0.2) is 30.8 Å². The van der Waals surface area contributed by atoms with Crippen LogP contribution >= 0.6 is 15.9 Å². The first-order valence-corrected chi connectivity index (χ1v) is 6.73. The van der Waals surface area contributed by atoms with E-state index in [-0.39, 0.29) is 0 Å². The third-order valence-corrected chi connectivity index (χ3v) is 2.85. The van der Waals surface area contributed by atoms with Gasteiger partial charge in [0, 0.05) is 25.0 Å². The Hall–Kier alpha value is -1.21. The molecule has 0 spiro atoms. The van der Waals surface area contributed by atoms with E-state index >= 15 is 0 Å². The zero-order valence-electron chi connectivity index (χ0n) is 10.5. The summed E-state index contributed by atoms with van der Waals surface area (Å²) in [5, 5.41) is 15.7. The minimum atomic E-state index is 0.455. The van der Waals surface area contributed by atoms with E-state index in [4.69, 9.17) is 0 Å². The van der Waals surface area contributed by atoms with E-state index in [0.717, 1.165) is 29.8 Å². The third kappa shape index (κ3) is 3.92. The lowest BCUT2D eigenvalue weighted by molar-refractivity contribution is 0.489. The summed E-state index contributed by atoms with van der Waals surface area (Å²) in [6.45, 7) is 6.53. The van der Waals surface area contributed by atoms with E-state index in [1.165, 1.54) is 0 Å². The number of hydrogen-bond acceptors (Lipinski definition) is 4. The summed E-state index contributed by atoms with van der Waals surface area (Å²) in [5.74, 6) is 0. The number of nitrogens with one attached hydrogen (secondary N) is 1. The molecule has 6 nitrogen and oxygen atoms in total. The lowest BCUT2D eigenvalue weighted by atomic mass is 10.3. The fraction of sp³-hybridized carbons (Fsp3) is 0.545. The summed E-state index contributed by atoms with van der Waals surface area (Å²) in [4.78, 5) is 0. The third-order valence-electron chi connectivity index (χ3n) is 2.44. The maximum Gasteiger partial charge on any atom is 0.0964 e. The van der Waals surface area contributed by atoms with Gasteiger partial charge in [0.2, 0.25) is 0 Å². The van der Waals surface area contributed by atoms with Crippen LogP contribution in [0.1, 0.15) is 19.5 Å². The predicted octanol–water partition coefficient (Wildman–Crippen LogP) is 1.44. The van der Waals surface area contributed by atoms with Gasteiger partial charge in [0.25, 0.3) is 0 Å². The van der Waals surface area contributed by atoms with Gasteiger partial charge in [-0.3, -0.25) is 9.36 Å². The Balaban J connectivity index is 1.83. The van der Waals surface area contributed by atoms with Crippen molar-refractivity contribution in [2.75, 3.05) is 0 Å². The average molecular weight is 313 g/mol. The molecule has 0 amide bonds. The van der Waals surface area contributed by atoms with Crippen molar-refractivity contribution in [2.45, 2.75) is 39.5 Å². The zero-order chi connectivity index (χ0) is 13.0. The molecule has 0 bridgehead atoms. The van der Waals surface area contributed by atoms with E-state index in [0.29, 0.717) is 6.04 Å². The topological polar surface area (TPSA) is 60.6 Å². The summed E-state index contributed by atoms with van der Waals surface area (Å²) in [6.07, 6.45) is 5.69. The van der Waals surface area contributed by atoms with E-state index < -0.39 is 0 Å². The maximum absolute atomic E-state index is 4.19. The molecular formula is C11H17BrN6. The maximum atomic E-state index is 4.19. The minimum Gasteiger partial charge on any atom is -0.309 e. The molecule has 0 fully saturated rings. The normalized spacial score (nSPS) is 11.3. The minimum absolute atomic E-state index is 0.455. The lowest BCUT2D eigenvalue weighted by Gasteiger charge is -2.04. The molecule has 0 aliphatic rings. The Bertz CT molecular complexity index is 489. The molecule has 0 saturated heterocycles. The van der Waals surface area contributed by atoms with Crippen LogP contribution in [0.25, 0.3) is 0 Å². The van der Waals surface area contributed by atoms with Gasteiger partial charge in [0.05, 0.1) is 29.5 Å². The molecule has 0 unspecified atom stereocenters. The summed E-state index contributed by atoms with van der Waals surface area (Å²) in [6, 6.07) is 0.455. The number of rotatable bonds is 6. The van der Waals surface area contributed by atoms with Crippen LogP contribution < -0.4 is 5.32 Å². The Labute approximate surface area is 114 Å². The van der Waals surface area contributed by atoms with Crippen molar-refractivity contribution in [3.63, 3.8) is 0 Å². The van der Waals surface area contributed by atoms with Crippen LogP contribution in [0.3, 0.4) is 0 Å². The van der Waals surface area contributed by atoms with Crippen molar-refractivity contribution in [3.05, 3.63) is 28.8 Å². The first-order chi connectivity index (χ1) is 8.63. The molecule has 18 heavy (non-hydrogen) atoms.